The molecule has 0 radical (unpaired) electrons. The van der Waals surface area contributed by atoms with Crippen molar-refractivity contribution < 1.29 is 44.9 Å². The third-order valence-electron chi connectivity index (χ3n) is 6.55. The summed E-state index contributed by atoms with van der Waals surface area (Å²) in [7, 11) is 0. The topological polar surface area (TPSA) is 162 Å². The summed E-state index contributed by atoms with van der Waals surface area (Å²) in [5.41, 5.74) is 3.84. The molecule has 10 nitrogen and oxygen atoms in total. The number of carbonyl (C=O) groups is 1. The van der Waals surface area contributed by atoms with Gasteiger partial charge in [-0.3, -0.25) is 0 Å². The molecule has 2 aromatic carbocycles. The molecular formula is C26H31NO9. The highest BCUT2D eigenvalue weighted by Crippen LogP contribution is 2.35. The Morgan fingerprint density at radius 3 is 2.33 bits per heavy atom. The minimum absolute atomic E-state index is 0.283. The molecule has 0 unspecified atom stereocenters. The summed E-state index contributed by atoms with van der Waals surface area (Å²) >= 11 is 0. The molecule has 0 amide bonds. The number of aliphatic hydroxyl groups is 6. The maximum absolute atomic E-state index is 12.2. The van der Waals surface area contributed by atoms with E-state index in [1.165, 1.54) is 0 Å². The molecule has 0 saturated carbocycles. The normalized spacial score (nSPS) is 24.4. The van der Waals surface area contributed by atoms with Gasteiger partial charge in [0.15, 0.2) is 6.23 Å². The SMILES string of the molecule is Cc1cccc2c1c(Cc1ccc(C(=O)OC(CO)CO)cc1)cn2[C@@H]1O[C@H](CO)[C@@H](O)[C@H](O)[C@H]1O. The number of fused-ring (bicyclic) bond motifs is 1. The van der Waals surface area contributed by atoms with Crippen molar-refractivity contribution in [1.82, 2.24) is 4.57 Å². The van der Waals surface area contributed by atoms with Gasteiger partial charge in [0.05, 0.1) is 30.9 Å². The number of aryl methyl sites for hydroxylation is 1. The van der Waals surface area contributed by atoms with Crippen LogP contribution in [0.4, 0.5) is 0 Å². The zero-order chi connectivity index (χ0) is 26.0. The van der Waals surface area contributed by atoms with Crippen LogP contribution in [-0.2, 0) is 15.9 Å². The number of esters is 1. The van der Waals surface area contributed by atoms with Gasteiger partial charge in [0, 0.05) is 11.6 Å². The second-order valence-electron chi connectivity index (χ2n) is 9.02. The zero-order valence-electron chi connectivity index (χ0n) is 19.8. The van der Waals surface area contributed by atoms with Crippen molar-refractivity contribution >= 4 is 16.9 Å². The van der Waals surface area contributed by atoms with Gasteiger partial charge in [-0.2, -0.15) is 0 Å². The fourth-order valence-electron chi connectivity index (χ4n) is 4.57. The summed E-state index contributed by atoms with van der Waals surface area (Å²) in [6.45, 7) is 0.496. The van der Waals surface area contributed by atoms with Crippen molar-refractivity contribution in [1.29, 1.82) is 0 Å². The van der Waals surface area contributed by atoms with Crippen LogP contribution in [0.1, 0.15) is 33.3 Å². The Morgan fingerprint density at radius 2 is 1.69 bits per heavy atom. The molecule has 0 spiro atoms. The Labute approximate surface area is 207 Å². The third kappa shape index (κ3) is 5.02. The molecular weight excluding hydrogens is 470 g/mol. The Bertz CT molecular complexity index is 1190. The minimum atomic E-state index is -1.49. The van der Waals surface area contributed by atoms with Gasteiger partial charge in [0.1, 0.15) is 30.5 Å². The van der Waals surface area contributed by atoms with E-state index in [1.807, 2.05) is 31.3 Å². The fraction of sp³-hybridized carbons (Fsp3) is 0.423. The smallest absolute Gasteiger partial charge is 0.338 e. The molecule has 1 saturated heterocycles. The molecule has 2 heterocycles. The molecule has 1 aliphatic rings. The summed E-state index contributed by atoms with van der Waals surface area (Å²) in [6.07, 6.45) is -5.08. The van der Waals surface area contributed by atoms with Crippen molar-refractivity contribution in [3.8, 4) is 0 Å². The molecule has 0 bridgehead atoms. The Balaban J connectivity index is 1.63. The van der Waals surface area contributed by atoms with Crippen LogP contribution in [0.2, 0.25) is 0 Å². The summed E-state index contributed by atoms with van der Waals surface area (Å²) in [6, 6.07) is 12.5. The van der Waals surface area contributed by atoms with E-state index in [4.69, 9.17) is 19.7 Å². The lowest BCUT2D eigenvalue weighted by atomic mass is 9.98. The number of benzene rings is 2. The maximum atomic E-state index is 12.2. The summed E-state index contributed by atoms with van der Waals surface area (Å²) < 4.78 is 12.5. The van der Waals surface area contributed by atoms with E-state index in [0.717, 1.165) is 27.6 Å². The standard InChI is InChI=1S/C26H31NO9/c1-14-3-2-4-19-21(14)17(10-27(19)25-24(33)23(32)22(31)20(13-30)36-25)9-15-5-7-16(8-6-15)26(34)35-18(11-28)12-29/h2-8,10,18,20,22-25,28-33H,9,11-13H2,1H3/t20-,22-,23+,24-,25-/m1/s1. The lowest BCUT2D eigenvalue weighted by Crippen LogP contribution is -2.56. The number of aromatic nitrogens is 1. The van der Waals surface area contributed by atoms with Crippen LogP contribution in [0.3, 0.4) is 0 Å². The fourth-order valence-corrected chi connectivity index (χ4v) is 4.57. The van der Waals surface area contributed by atoms with Gasteiger partial charge < -0.3 is 44.7 Å². The predicted octanol–water partition coefficient (Wildman–Crippen LogP) is 0.0229. The van der Waals surface area contributed by atoms with Crippen molar-refractivity contribution in [3.63, 3.8) is 0 Å². The highest BCUT2D eigenvalue weighted by molar-refractivity contribution is 5.90. The van der Waals surface area contributed by atoms with E-state index < -0.39 is 62.5 Å². The third-order valence-corrected chi connectivity index (χ3v) is 6.55. The van der Waals surface area contributed by atoms with Crippen LogP contribution in [0.25, 0.3) is 10.9 Å². The van der Waals surface area contributed by atoms with Gasteiger partial charge in [-0.25, -0.2) is 4.79 Å². The van der Waals surface area contributed by atoms with Crippen LogP contribution in [0.5, 0.6) is 0 Å². The van der Waals surface area contributed by atoms with Crippen LogP contribution < -0.4 is 0 Å². The number of nitrogens with zero attached hydrogens (tertiary/aromatic N) is 1. The van der Waals surface area contributed by atoms with Crippen molar-refractivity contribution in [3.05, 3.63) is 70.9 Å². The van der Waals surface area contributed by atoms with Gasteiger partial charge in [0.2, 0.25) is 0 Å². The molecule has 194 valence electrons. The van der Waals surface area contributed by atoms with Gasteiger partial charge in [-0.05, 0) is 48.2 Å². The second kappa shape index (κ2) is 11.1. The van der Waals surface area contributed by atoms with Crippen molar-refractivity contribution in [2.45, 2.75) is 50.1 Å². The number of ether oxygens (including phenoxy) is 2. The number of hydrogen-bond acceptors (Lipinski definition) is 9. The molecule has 36 heavy (non-hydrogen) atoms. The average Bonchev–Trinajstić information content (AvgIpc) is 3.25. The quantitative estimate of drug-likeness (QED) is 0.234. The molecule has 1 aromatic heterocycles. The number of carbonyl (C=O) groups excluding carboxylic acids is 1. The number of aliphatic hydroxyl groups excluding tert-OH is 6. The molecule has 1 aliphatic heterocycles. The van der Waals surface area contributed by atoms with Crippen LogP contribution in [0.15, 0.2) is 48.7 Å². The Hall–Kier alpha value is -2.83. The van der Waals surface area contributed by atoms with E-state index in [-0.39, 0.29) is 5.56 Å². The maximum Gasteiger partial charge on any atom is 0.338 e. The van der Waals surface area contributed by atoms with Crippen molar-refractivity contribution in [2.24, 2.45) is 0 Å². The molecule has 3 aromatic rings. The van der Waals surface area contributed by atoms with E-state index >= 15 is 0 Å². The highest BCUT2D eigenvalue weighted by Gasteiger charge is 2.44. The monoisotopic (exact) mass is 501 g/mol. The summed E-state index contributed by atoms with van der Waals surface area (Å²) in [4.78, 5) is 12.2. The minimum Gasteiger partial charge on any atom is -0.454 e. The predicted molar refractivity (Wildman–Crippen MR) is 128 cm³/mol. The molecule has 1 fully saturated rings. The first kappa shape index (κ1) is 26.2. The lowest BCUT2D eigenvalue weighted by molar-refractivity contribution is -0.250. The molecule has 0 aliphatic carbocycles. The summed E-state index contributed by atoms with van der Waals surface area (Å²) in [5, 5.41) is 59.8. The zero-order valence-corrected chi connectivity index (χ0v) is 19.8. The number of rotatable bonds is 8. The molecule has 5 atom stereocenters. The van der Waals surface area contributed by atoms with Gasteiger partial charge in [-0.15, -0.1) is 0 Å². The lowest BCUT2D eigenvalue weighted by Gasteiger charge is -2.40. The average molecular weight is 502 g/mol. The Kier molecular flexibility index (Phi) is 8.06. The summed E-state index contributed by atoms with van der Waals surface area (Å²) in [5.74, 6) is -0.648. The van der Waals surface area contributed by atoms with E-state index in [1.54, 1.807) is 28.8 Å². The van der Waals surface area contributed by atoms with Crippen LogP contribution >= 0.6 is 0 Å². The molecule has 6 N–H and O–H groups in total. The van der Waals surface area contributed by atoms with Crippen LogP contribution in [-0.4, -0.2) is 91.5 Å². The Morgan fingerprint density at radius 1 is 1.00 bits per heavy atom. The van der Waals surface area contributed by atoms with Gasteiger partial charge in [0.25, 0.3) is 0 Å². The first-order chi connectivity index (χ1) is 17.3. The first-order valence-electron chi connectivity index (χ1n) is 11.7. The van der Waals surface area contributed by atoms with Gasteiger partial charge in [-0.1, -0.05) is 24.3 Å². The molecule has 4 rings (SSSR count). The van der Waals surface area contributed by atoms with Crippen LogP contribution in [0, 0.1) is 6.92 Å². The highest BCUT2D eigenvalue weighted by atomic mass is 16.6. The van der Waals surface area contributed by atoms with E-state index in [9.17, 15) is 25.2 Å². The van der Waals surface area contributed by atoms with Crippen molar-refractivity contribution in [2.75, 3.05) is 19.8 Å². The number of hydrogen-bond donors (Lipinski definition) is 6. The molecule has 10 heteroatoms. The van der Waals surface area contributed by atoms with E-state index in [0.29, 0.717) is 6.42 Å². The van der Waals surface area contributed by atoms with Gasteiger partial charge >= 0.3 is 5.97 Å². The largest absolute Gasteiger partial charge is 0.454 e. The van der Waals surface area contributed by atoms with E-state index in [2.05, 4.69) is 0 Å². The second-order valence-corrected chi connectivity index (χ2v) is 9.02. The first-order valence-corrected chi connectivity index (χ1v) is 11.7.